The first-order valence-electron chi connectivity index (χ1n) is 14.5. The number of nitrogens with one attached hydrogen (secondary N) is 2. The lowest BCUT2D eigenvalue weighted by molar-refractivity contribution is -0.132. The predicted molar refractivity (Wildman–Crippen MR) is 168 cm³/mol. The minimum Gasteiger partial charge on any atom is -0.495 e. The summed E-state index contributed by atoms with van der Waals surface area (Å²) in [6.45, 7) is 1.17. The van der Waals surface area contributed by atoms with Crippen LogP contribution in [0.2, 0.25) is 0 Å². The average molecular weight is 651 g/mol. The Hall–Kier alpha value is -4.05. The molecule has 1 aliphatic carbocycles. The zero-order valence-corrected chi connectivity index (χ0v) is 25.9. The quantitative estimate of drug-likeness (QED) is 0.255. The van der Waals surface area contributed by atoms with Gasteiger partial charge >= 0.3 is 12.0 Å². The fraction of sp³-hybridized carbons (Fsp3) is 0.364. The first-order chi connectivity index (χ1) is 20.9. The van der Waals surface area contributed by atoms with Gasteiger partial charge in [-0.1, -0.05) is 31.0 Å². The van der Waals surface area contributed by atoms with Crippen molar-refractivity contribution >= 4 is 45.2 Å². The molecule has 2 fully saturated rings. The van der Waals surface area contributed by atoms with E-state index in [-0.39, 0.29) is 30.3 Å². The number of fused-ring (bicyclic) bond motifs is 1. The van der Waals surface area contributed by atoms with Crippen molar-refractivity contribution in [1.82, 2.24) is 4.90 Å². The second-order valence-electron chi connectivity index (χ2n) is 10.9. The van der Waals surface area contributed by atoms with Gasteiger partial charge in [-0.05, 0) is 88.8 Å². The van der Waals surface area contributed by atoms with Crippen LogP contribution >= 0.6 is 15.9 Å². The summed E-state index contributed by atoms with van der Waals surface area (Å²) in [5.41, 5.74) is 2.45. The van der Waals surface area contributed by atoms with E-state index in [9.17, 15) is 14.4 Å². The average Bonchev–Trinajstić information content (AvgIpc) is 3.40. The molecule has 1 aliphatic heterocycles. The van der Waals surface area contributed by atoms with Crippen LogP contribution in [0.25, 0.3) is 0 Å². The van der Waals surface area contributed by atoms with E-state index in [1.54, 1.807) is 49.6 Å². The normalized spacial score (nSPS) is 19.2. The molecule has 1 saturated heterocycles. The SMILES string of the molecule is COC(=O)c1ccc(OCC2CN(C(=O)Cc3ccc(NC(=O)Nc4ccccc4Br)c(OC)c3)C3CCCCC23)cc1. The molecule has 43 heavy (non-hydrogen) atoms. The number of carbonyl (C=O) groups is 3. The smallest absolute Gasteiger partial charge is 0.337 e. The van der Waals surface area contributed by atoms with Crippen molar-refractivity contribution in [3.63, 3.8) is 0 Å². The number of likely N-dealkylation sites (tertiary alicyclic amines) is 1. The fourth-order valence-corrected chi connectivity index (χ4v) is 6.52. The lowest BCUT2D eigenvalue weighted by atomic mass is 9.80. The van der Waals surface area contributed by atoms with E-state index in [0.29, 0.717) is 47.5 Å². The van der Waals surface area contributed by atoms with Gasteiger partial charge in [0.15, 0.2) is 0 Å². The van der Waals surface area contributed by atoms with E-state index < -0.39 is 6.03 Å². The number of anilines is 2. The monoisotopic (exact) mass is 649 g/mol. The molecule has 2 N–H and O–H groups in total. The summed E-state index contributed by atoms with van der Waals surface area (Å²) in [5.74, 6) is 1.50. The topological polar surface area (TPSA) is 106 Å². The zero-order chi connectivity index (χ0) is 30.3. The Kier molecular flexibility index (Phi) is 9.86. The highest BCUT2D eigenvalue weighted by Gasteiger charge is 2.44. The minimum absolute atomic E-state index is 0.0799. The molecule has 0 aromatic heterocycles. The third kappa shape index (κ3) is 7.30. The van der Waals surface area contributed by atoms with E-state index in [2.05, 4.69) is 26.6 Å². The van der Waals surface area contributed by atoms with Crippen LogP contribution in [-0.4, -0.2) is 56.2 Å². The highest BCUT2D eigenvalue weighted by molar-refractivity contribution is 9.10. The van der Waals surface area contributed by atoms with E-state index in [4.69, 9.17) is 14.2 Å². The van der Waals surface area contributed by atoms with E-state index >= 15 is 0 Å². The van der Waals surface area contributed by atoms with Crippen molar-refractivity contribution < 1.29 is 28.6 Å². The molecule has 0 bridgehead atoms. The molecule has 1 heterocycles. The number of halogens is 1. The molecule has 9 nitrogen and oxygen atoms in total. The maximum Gasteiger partial charge on any atom is 0.337 e. The van der Waals surface area contributed by atoms with Crippen LogP contribution in [0.5, 0.6) is 11.5 Å². The van der Waals surface area contributed by atoms with Crippen LogP contribution in [0.1, 0.15) is 41.6 Å². The van der Waals surface area contributed by atoms with Crippen molar-refractivity contribution in [2.45, 2.75) is 38.1 Å². The molecular formula is C33H36BrN3O6. The van der Waals surface area contributed by atoms with Crippen LogP contribution < -0.4 is 20.1 Å². The van der Waals surface area contributed by atoms with Gasteiger partial charge in [-0.15, -0.1) is 0 Å². The molecule has 2 aliphatic rings. The number of nitrogens with zero attached hydrogens (tertiary/aromatic N) is 1. The maximum absolute atomic E-state index is 13.6. The van der Waals surface area contributed by atoms with Crippen molar-refractivity contribution in [3.8, 4) is 11.5 Å². The Labute approximate surface area is 260 Å². The molecule has 1 saturated carbocycles. The van der Waals surface area contributed by atoms with Gasteiger partial charge in [0.05, 0.1) is 44.2 Å². The Morgan fingerprint density at radius 2 is 1.67 bits per heavy atom. The van der Waals surface area contributed by atoms with Gasteiger partial charge in [0.25, 0.3) is 0 Å². The van der Waals surface area contributed by atoms with Crippen molar-refractivity contribution in [3.05, 3.63) is 82.3 Å². The first-order valence-corrected chi connectivity index (χ1v) is 15.3. The Morgan fingerprint density at radius 1 is 0.930 bits per heavy atom. The number of benzene rings is 3. The standard InChI is InChI=1S/C33H36BrN3O6/c1-41-30-17-21(11-16-28(30)36-33(40)35-27-9-5-4-8-26(27)34)18-31(38)37-19-23(25-7-3-6-10-29(25)37)20-43-24-14-12-22(13-15-24)32(39)42-2/h4-5,8-9,11-17,23,25,29H,3,6-7,10,18-20H2,1-2H3,(H2,35,36,40). The summed E-state index contributed by atoms with van der Waals surface area (Å²) in [4.78, 5) is 40.0. The summed E-state index contributed by atoms with van der Waals surface area (Å²) >= 11 is 3.43. The van der Waals surface area contributed by atoms with Crippen LogP contribution in [0, 0.1) is 11.8 Å². The van der Waals surface area contributed by atoms with Crippen LogP contribution in [0.3, 0.4) is 0 Å². The molecule has 0 spiro atoms. The summed E-state index contributed by atoms with van der Waals surface area (Å²) in [5, 5.41) is 5.64. The highest BCUT2D eigenvalue weighted by Crippen LogP contribution is 2.40. The van der Waals surface area contributed by atoms with Crippen LogP contribution in [-0.2, 0) is 16.0 Å². The number of esters is 1. The number of urea groups is 1. The summed E-state index contributed by atoms with van der Waals surface area (Å²) in [7, 11) is 2.90. The van der Waals surface area contributed by atoms with Crippen molar-refractivity contribution in [2.24, 2.45) is 11.8 Å². The van der Waals surface area contributed by atoms with Crippen LogP contribution in [0.4, 0.5) is 16.2 Å². The second-order valence-corrected chi connectivity index (χ2v) is 11.8. The zero-order valence-electron chi connectivity index (χ0n) is 24.3. The van der Waals surface area contributed by atoms with Gasteiger partial charge < -0.3 is 29.7 Å². The Balaban J connectivity index is 1.21. The molecule has 5 rings (SSSR count). The lowest BCUT2D eigenvalue weighted by Crippen LogP contribution is -2.40. The number of para-hydroxylation sites is 1. The Bertz CT molecular complexity index is 1460. The molecule has 3 aromatic rings. The fourth-order valence-electron chi connectivity index (χ4n) is 6.14. The van der Waals surface area contributed by atoms with E-state index in [0.717, 1.165) is 35.7 Å². The summed E-state index contributed by atoms with van der Waals surface area (Å²) in [6, 6.07) is 19.5. The molecule has 3 atom stereocenters. The summed E-state index contributed by atoms with van der Waals surface area (Å²) in [6.07, 6.45) is 4.60. The van der Waals surface area contributed by atoms with E-state index in [1.807, 2.05) is 29.2 Å². The number of carbonyl (C=O) groups excluding carboxylic acids is 3. The number of rotatable bonds is 9. The Morgan fingerprint density at radius 3 is 2.42 bits per heavy atom. The van der Waals surface area contributed by atoms with E-state index in [1.165, 1.54) is 7.11 Å². The third-order valence-electron chi connectivity index (χ3n) is 8.27. The molecule has 3 unspecified atom stereocenters. The molecule has 10 heteroatoms. The van der Waals surface area contributed by atoms with Crippen LogP contribution in [0.15, 0.2) is 71.2 Å². The first kappa shape index (κ1) is 30.4. The highest BCUT2D eigenvalue weighted by atomic mass is 79.9. The minimum atomic E-state index is -0.401. The molecule has 226 valence electrons. The predicted octanol–water partition coefficient (Wildman–Crippen LogP) is 6.53. The maximum atomic E-state index is 13.6. The van der Waals surface area contributed by atoms with Gasteiger partial charge in [0.1, 0.15) is 11.5 Å². The third-order valence-corrected chi connectivity index (χ3v) is 8.96. The van der Waals surface area contributed by atoms with Gasteiger partial charge in [-0.3, -0.25) is 4.79 Å². The molecule has 3 amide bonds. The molecule has 3 aromatic carbocycles. The van der Waals surface area contributed by atoms with Gasteiger partial charge in [-0.25, -0.2) is 9.59 Å². The molecule has 0 radical (unpaired) electrons. The number of amides is 3. The number of hydrogen-bond donors (Lipinski definition) is 2. The second kappa shape index (κ2) is 13.9. The van der Waals surface area contributed by atoms with Gasteiger partial charge in [0.2, 0.25) is 5.91 Å². The number of ether oxygens (including phenoxy) is 3. The van der Waals surface area contributed by atoms with Gasteiger partial charge in [-0.2, -0.15) is 0 Å². The summed E-state index contributed by atoms with van der Waals surface area (Å²) < 4.78 is 17.2. The number of hydrogen-bond acceptors (Lipinski definition) is 6. The molecular weight excluding hydrogens is 614 g/mol. The lowest BCUT2D eigenvalue weighted by Gasteiger charge is -2.32. The number of methoxy groups -OCH3 is 2. The van der Waals surface area contributed by atoms with Crippen molar-refractivity contribution in [2.75, 3.05) is 38.0 Å². The van der Waals surface area contributed by atoms with Crippen molar-refractivity contribution in [1.29, 1.82) is 0 Å². The largest absolute Gasteiger partial charge is 0.495 e. The van der Waals surface area contributed by atoms with Gasteiger partial charge in [0, 0.05) is 23.0 Å².